The van der Waals surface area contributed by atoms with E-state index in [1.807, 2.05) is 36.4 Å². The molecular weight excluding hydrogens is 232 g/mol. The van der Waals surface area contributed by atoms with Crippen molar-refractivity contribution in [2.45, 2.75) is 6.04 Å². The first-order chi connectivity index (χ1) is 8.25. The molecule has 92 valence electrons. The predicted octanol–water partition coefficient (Wildman–Crippen LogP) is 1.72. The summed E-state index contributed by atoms with van der Waals surface area (Å²) in [6, 6.07) is 8.79. The lowest BCUT2D eigenvalue weighted by molar-refractivity contribution is -0.122. The molecule has 1 rings (SSSR count). The zero-order valence-electron chi connectivity index (χ0n) is 9.76. The second-order valence-corrected chi connectivity index (χ2v) is 4.69. The van der Waals surface area contributed by atoms with Crippen molar-refractivity contribution in [1.82, 2.24) is 5.32 Å². The molecule has 1 aromatic rings. The number of benzene rings is 1. The zero-order valence-corrected chi connectivity index (χ0v) is 10.6. The van der Waals surface area contributed by atoms with Gasteiger partial charge in [-0.1, -0.05) is 36.4 Å². The van der Waals surface area contributed by atoms with E-state index in [2.05, 4.69) is 11.9 Å². The minimum Gasteiger partial charge on any atom is -0.354 e. The molecule has 0 saturated heterocycles. The minimum absolute atomic E-state index is 0.129. The number of amides is 1. The van der Waals surface area contributed by atoms with Crippen LogP contribution in [-0.4, -0.2) is 24.0 Å². The third kappa shape index (κ3) is 5.06. The molecule has 17 heavy (non-hydrogen) atoms. The van der Waals surface area contributed by atoms with Crippen LogP contribution in [0.1, 0.15) is 11.6 Å². The van der Waals surface area contributed by atoms with Crippen molar-refractivity contribution in [3.8, 4) is 0 Å². The first kappa shape index (κ1) is 13.8. The molecular formula is C13H18N2OS. The molecule has 0 radical (unpaired) electrons. The maximum Gasteiger partial charge on any atom is 0.241 e. The van der Waals surface area contributed by atoms with E-state index in [9.17, 15) is 4.79 Å². The van der Waals surface area contributed by atoms with Gasteiger partial charge in [-0.05, 0) is 5.56 Å². The highest BCUT2D eigenvalue weighted by Crippen LogP contribution is 2.09. The van der Waals surface area contributed by atoms with Crippen molar-refractivity contribution in [2.24, 2.45) is 5.73 Å². The van der Waals surface area contributed by atoms with E-state index >= 15 is 0 Å². The van der Waals surface area contributed by atoms with Gasteiger partial charge in [-0.15, -0.1) is 6.58 Å². The fraction of sp³-hybridized carbons (Fsp3) is 0.308. The number of carbonyl (C=O) groups is 1. The van der Waals surface area contributed by atoms with Gasteiger partial charge in [0.1, 0.15) is 6.04 Å². The summed E-state index contributed by atoms with van der Waals surface area (Å²) < 4.78 is 0. The Hall–Kier alpha value is -1.26. The van der Waals surface area contributed by atoms with Crippen molar-refractivity contribution in [2.75, 3.05) is 18.1 Å². The summed E-state index contributed by atoms with van der Waals surface area (Å²) >= 11 is 1.73. The normalized spacial score (nSPS) is 11.8. The molecule has 0 bridgehead atoms. The van der Waals surface area contributed by atoms with Crippen LogP contribution in [0.15, 0.2) is 43.0 Å². The van der Waals surface area contributed by atoms with Crippen LogP contribution in [0, 0.1) is 0 Å². The highest BCUT2D eigenvalue weighted by Gasteiger charge is 2.14. The largest absolute Gasteiger partial charge is 0.354 e. The Morgan fingerprint density at radius 2 is 2.18 bits per heavy atom. The lowest BCUT2D eigenvalue weighted by Gasteiger charge is -2.12. The number of carbonyl (C=O) groups excluding carboxylic acids is 1. The second kappa shape index (κ2) is 7.92. The molecule has 0 aliphatic rings. The summed E-state index contributed by atoms with van der Waals surface area (Å²) in [4.78, 5) is 11.7. The Morgan fingerprint density at radius 1 is 1.47 bits per heavy atom. The van der Waals surface area contributed by atoms with E-state index < -0.39 is 6.04 Å². The summed E-state index contributed by atoms with van der Waals surface area (Å²) in [5.41, 5.74) is 6.68. The highest BCUT2D eigenvalue weighted by molar-refractivity contribution is 7.99. The van der Waals surface area contributed by atoms with Crippen molar-refractivity contribution in [1.29, 1.82) is 0 Å². The number of rotatable bonds is 7. The van der Waals surface area contributed by atoms with Crippen molar-refractivity contribution >= 4 is 17.7 Å². The first-order valence-electron chi connectivity index (χ1n) is 5.52. The number of hydrogen-bond donors (Lipinski definition) is 2. The summed E-state index contributed by atoms with van der Waals surface area (Å²) in [5.74, 6) is 1.65. The molecule has 1 amide bonds. The first-order valence-corrected chi connectivity index (χ1v) is 6.68. The van der Waals surface area contributed by atoms with E-state index in [-0.39, 0.29) is 5.91 Å². The Balaban J connectivity index is 2.30. The molecule has 3 nitrogen and oxygen atoms in total. The molecule has 1 atom stereocenters. The summed E-state index contributed by atoms with van der Waals surface area (Å²) in [6.07, 6.45) is 1.85. The van der Waals surface area contributed by atoms with Gasteiger partial charge in [0.15, 0.2) is 0 Å². The minimum atomic E-state index is -0.583. The summed E-state index contributed by atoms with van der Waals surface area (Å²) in [5, 5.41) is 2.82. The molecule has 0 aromatic heterocycles. The van der Waals surface area contributed by atoms with Gasteiger partial charge >= 0.3 is 0 Å². The average molecular weight is 250 g/mol. The molecule has 0 heterocycles. The monoisotopic (exact) mass is 250 g/mol. The number of hydrogen-bond acceptors (Lipinski definition) is 3. The molecule has 0 aliphatic heterocycles. The standard InChI is InChI=1S/C13H18N2OS/c1-2-9-17-10-8-15-13(16)12(14)11-6-4-3-5-7-11/h2-7,12H,1,8-10,14H2,(H,15,16)/t12-/m1/s1. The molecule has 0 spiro atoms. The van der Waals surface area contributed by atoms with Crippen LogP contribution >= 0.6 is 11.8 Å². The molecule has 0 fully saturated rings. The van der Waals surface area contributed by atoms with Crippen LogP contribution in [0.25, 0.3) is 0 Å². The van der Waals surface area contributed by atoms with Crippen LogP contribution < -0.4 is 11.1 Å². The van der Waals surface area contributed by atoms with Crippen LogP contribution in [0.2, 0.25) is 0 Å². The van der Waals surface area contributed by atoms with Gasteiger partial charge in [-0.25, -0.2) is 0 Å². The maximum absolute atomic E-state index is 11.7. The topological polar surface area (TPSA) is 55.1 Å². The number of thioether (sulfide) groups is 1. The van der Waals surface area contributed by atoms with Crippen molar-refractivity contribution < 1.29 is 4.79 Å². The zero-order chi connectivity index (χ0) is 12.5. The van der Waals surface area contributed by atoms with Crippen LogP contribution in [-0.2, 0) is 4.79 Å². The van der Waals surface area contributed by atoms with Crippen LogP contribution in [0.5, 0.6) is 0 Å². The number of nitrogens with two attached hydrogens (primary N) is 1. The van der Waals surface area contributed by atoms with Gasteiger partial charge in [0.25, 0.3) is 0 Å². The average Bonchev–Trinajstić information content (AvgIpc) is 2.38. The van der Waals surface area contributed by atoms with Gasteiger partial charge < -0.3 is 11.1 Å². The van der Waals surface area contributed by atoms with Gasteiger partial charge in [-0.2, -0.15) is 11.8 Å². The smallest absolute Gasteiger partial charge is 0.241 e. The van der Waals surface area contributed by atoms with Gasteiger partial charge in [0.2, 0.25) is 5.91 Å². The number of nitrogens with one attached hydrogen (secondary N) is 1. The third-order valence-electron chi connectivity index (χ3n) is 2.22. The summed E-state index contributed by atoms with van der Waals surface area (Å²) in [7, 11) is 0. The van der Waals surface area contributed by atoms with Crippen molar-refractivity contribution in [3.05, 3.63) is 48.6 Å². The molecule has 0 saturated carbocycles. The Labute approximate surface area is 106 Å². The lowest BCUT2D eigenvalue weighted by Crippen LogP contribution is -2.35. The quantitative estimate of drug-likeness (QED) is 0.572. The SMILES string of the molecule is C=CCSCCNC(=O)[C@H](N)c1ccccc1. The van der Waals surface area contributed by atoms with E-state index in [1.54, 1.807) is 11.8 Å². The van der Waals surface area contributed by atoms with E-state index in [4.69, 9.17) is 5.73 Å². The molecule has 3 N–H and O–H groups in total. The van der Waals surface area contributed by atoms with Gasteiger partial charge in [0.05, 0.1) is 0 Å². The Bertz CT molecular complexity index is 354. The van der Waals surface area contributed by atoms with Crippen LogP contribution in [0.3, 0.4) is 0 Å². The lowest BCUT2D eigenvalue weighted by atomic mass is 10.1. The molecule has 0 unspecified atom stereocenters. The third-order valence-corrected chi connectivity index (χ3v) is 3.19. The Kier molecular flexibility index (Phi) is 6.43. The second-order valence-electron chi connectivity index (χ2n) is 3.54. The van der Waals surface area contributed by atoms with E-state index in [1.165, 1.54) is 0 Å². The van der Waals surface area contributed by atoms with E-state index in [0.29, 0.717) is 6.54 Å². The fourth-order valence-corrected chi connectivity index (χ4v) is 1.91. The maximum atomic E-state index is 11.7. The fourth-order valence-electron chi connectivity index (χ4n) is 1.33. The Morgan fingerprint density at radius 3 is 2.82 bits per heavy atom. The molecule has 1 aromatic carbocycles. The predicted molar refractivity (Wildman–Crippen MR) is 73.9 cm³/mol. The summed E-state index contributed by atoms with van der Waals surface area (Å²) in [6.45, 7) is 4.27. The van der Waals surface area contributed by atoms with Gasteiger partial charge in [0, 0.05) is 18.1 Å². The molecule has 4 heteroatoms. The van der Waals surface area contributed by atoms with Crippen molar-refractivity contribution in [3.63, 3.8) is 0 Å². The van der Waals surface area contributed by atoms with Crippen LogP contribution in [0.4, 0.5) is 0 Å². The highest BCUT2D eigenvalue weighted by atomic mass is 32.2. The molecule has 0 aliphatic carbocycles. The van der Waals surface area contributed by atoms with E-state index in [0.717, 1.165) is 17.1 Å². The van der Waals surface area contributed by atoms with Gasteiger partial charge in [-0.3, -0.25) is 4.79 Å².